The van der Waals surface area contributed by atoms with Crippen LogP contribution in [0, 0.1) is 11.6 Å². The predicted molar refractivity (Wildman–Crippen MR) is 67.7 cm³/mol. The molecule has 0 radical (unpaired) electrons. The Morgan fingerprint density at radius 1 is 1.37 bits per heavy atom. The number of hydrogen-bond acceptors (Lipinski definition) is 3. The minimum atomic E-state index is -0.861. The van der Waals surface area contributed by atoms with E-state index in [1.165, 1.54) is 4.90 Å². The molecule has 0 aliphatic carbocycles. The van der Waals surface area contributed by atoms with Crippen molar-refractivity contribution in [3.05, 3.63) is 29.3 Å². The van der Waals surface area contributed by atoms with Crippen LogP contribution in [0.2, 0.25) is 0 Å². The fourth-order valence-electron chi connectivity index (χ4n) is 1.39. The van der Waals surface area contributed by atoms with E-state index in [4.69, 9.17) is 10.5 Å². The summed E-state index contributed by atoms with van der Waals surface area (Å²) in [6.07, 6.45) is 0. The fraction of sp³-hybridized carbons (Fsp3) is 0.462. The fourth-order valence-corrected chi connectivity index (χ4v) is 1.39. The number of carbonyl (C=O) groups excluding carboxylic acids is 1. The van der Waals surface area contributed by atoms with Crippen LogP contribution in [-0.2, 0) is 11.3 Å². The van der Waals surface area contributed by atoms with E-state index in [9.17, 15) is 13.6 Å². The molecule has 0 saturated carbocycles. The second-order valence-corrected chi connectivity index (χ2v) is 4.48. The van der Waals surface area contributed by atoms with Crippen LogP contribution in [0.5, 0.6) is 5.75 Å². The van der Waals surface area contributed by atoms with Gasteiger partial charge in [0, 0.05) is 19.6 Å². The van der Waals surface area contributed by atoms with Gasteiger partial charge in [0.15, 0.2) is 24.0 Å². The lowest BCUT2D eigenvalue weighted by Gasteiger charge is -2.21. The van der Waals surface area contributed by atoms with E-state index in [0.717, 1.165) is 12.1 Å². The number of rotatable bonds is 5. The van der Waals surface area contributed by atoms with Gasteiger partial charge < -0.3 is 15.4 Å². The Labute approximate surface area is 111 Å². The third-order valence-corrected chi connectivity index (χ3v) is 2.80. The van der Waals surface area contributed by atoms with Gasteiger partial charge in [0.1, 0.15) is 0 Å². The first-order chi connectivity index (χ1) is 8.86. The maximum atomic E-state index is 13.6. The molecule has 0 fully saturated rings. The molecule has 0 heterocycles. The molecule has 19 heavy (non-hydrogen) atoms. The largest absolute Gasteiger partial charge is 0.478 e. The molecule has 0 aromatic heterocycles. The Hall–Kier alpha value is -1.69. The SMILES string of the molecule is CC(C)N(C)C(=O)COc1c(F)cc(CN)cc1F. The highest BCUT2D eigenvalue weighted by Crippen LogP contribution is 2.23. The molecular formula is C13H18F2N2O2. The number of likely N-dealkylation sites (N-methyl/N-ethyl adjacent to an activating group) is 1. The summed E-state index contributed by atoms with van der Waals surface area (Å²) in [5, 5.41) is 0. The van der Waals surface area contributed by atoms with Crippen LogP contribution in [0.15, 0.2) is 12.1 Å². The lowest BCUT2D eigenvalue weighted by molar-refractivity contribution is -0.133. The zero-order valence-electron chi connectivity index (χ0n) is 11.2. The van der Waals surface area contributed by atoms with Crippen LogP contribution >= 0.6 is 0 Å². The van der Waals surface area contributed by atoms with E-state index in [1.807, 2.05) is 13.8 Å². The quantitative estimate of drug-likeness (QED) is 0.887. The molecule has 1 rings (SSSR count). The predicted octanol–water partition coefficient (Wildman–Crippen LogP) is 1.67. The summed E-state index contributed by atoms with van der Waals surface area (Å²) in [4.78, 5) is 13.1. The van der Waals surface area contributed by atoms with Crippen molar-refractivity contribution in [2.24, 2.45) is 5.73 Å². The summed E-state index contributed by atoms with van der Waals surface area (Å²) in [6, 6.07) is 2.18. The number of ether oxygens (including phenoxy) is 1. The van der Waals surface area contributed by atoms with E-state index < -0.39 is 24.0 Å². The van der Waals surface area contributed by atoms with Gasteiger partial charge in [0.2, 0.25) is 0 Å². The Balaban J connectivity index is 2.76. The molecule has 1 amide bonds. The number of amides is 1. The standard InChI is InChI=1S/C13H18F2N2O2/c1-8(2)17(3)12(18)7-19-13-10(14)4-9(6-16)5-11(13)15/h4-5,8H,6-7,16H2,1-3H3. The summed E-state index contributed by atoms with van der Waals surface area (Å²) in [7, 11) is 1.60. The van der Waals surface area contributed by atoms with Crippen molar-refractivity contribution in [1.29, 1.82) is 0 Å². The molecule has 0 atom stereocenters. The Morgan fingerprint density at radius 2 is 1.89 bits per heavy atom. The molecule has 0 unspecified atom stereocenters. The number of hydrogen-bond donors (Lipinski definition) is 1. The van der Waals surface area contributed by atoms with Crippen LogP contribution in [0.1, 0.15) is 19.4 Å². The summed E-state index contributed by atoms with van der Waals surface area (Å²) in [6.45, 7) is 3.28. The number of nitrogens with zero attached hydrogens (tertiary/aromatic N) is 1. The first-order valence-corrected chi connectivity index (χ1v) is 5.93. The molecule has 1 aromatic carbocycles. The average molecular weight is 272 g/mol. The Kier molecular flexibility index (Phi) is 5.23. The highest BCUT2D eigenvalue weighted by atomic mass is 19.1. The van der Waals surface area contributed by atoms with E-state index in [1.54, 1.807) is 7.05 Å². The van der Waals surface area contributed by atoms with E-state index in [-0.39, 0.29) is 18.5 Å². The molecule has 6 heteroatoms. The minimum absolute atomic E-state index is 0.00888. The maximum Gasteiger partial charge on any atom is 0.260 e. The highest BCUT2D eigenvalue weighted by molar-refractivity contribution is 5.77. The van der Waals surface area contributed by atoms with Crippen molar-refractivity contribution in [3.8, 4) is 5.75 Å². The summed E-state index contributed by atoms with van der Waals surface area (Å²) >= 11 is 0. The second kappa shape index (κ2) is 6.47. The van der Waals surface area contributed by atoms with Crippen molar-refractivity contribution >= 4 is 5.91 Å². The number of benzene rings is 1. The van der Waals surface area contributed by atoms with Gasteiger partial charge >= 0.3 is 0 Å². The van der Waals surface area contributed by atoms with Crippen LogP contribution in [0.4, 0.5) is 8.78 Å². The molecule has 0 aliphatic heterocycles. The van der Waals surface area contributed by atoms with Gasteiger partial charge in [0.05, 0.1) is 0 Å². The lowest BCUT2D eigenvalue weighted by Crippen LogP contribution is -2.36. The lowest BCUT2D eigenvalue weighted by atomic mass is 10.2. The summed E-state index contributed by atoms with van der Waals surface area (Å²) in [5.41, 5.74) is 5.62. The van der Waals surface area contributed by atoms with E-state index >= 15 is 0 Å². The van der Waals surface area contributed by atoms with E-state index in [2.05, 4.69) is 0 Å². The van der Waals surface area contributed by atoms with Crippen molar-refractivity contribution < 1.29 is 18.3 Å². The van der Waals surface area contributed by atoms with Crippen molar-refractivity contribution in [2.45, 2.75) is 26.4 Å². The third kappa shape index (κ3) is 3.89. The van der Waals surface area contributed by atoms with Gasteiger partial charge in [-0.1, -0.05) is 0 Å². The Bertz CT molecular complexity index is 441. The van der Waals surface area contributed by atoms with Crippen LogP contribution in [0.3, 0.4) is 0 Å². The maximum absolute atomic E-state index is 13.6. The van der Waals surface area contributed by atoms with Gasteiger partial charge in [-0.25, -0.2) is 8.78 Å². The Morgan fingerprint density at radius 3 is 2.32 bits per heavy atom. The summed E-state index contributed by atoms with van der Waals surface area (Å²) in [5.74, 6) is -2.62. The van der Waals surface area contributed by atoms with Gasteiger partial charge in [-0.15, -0.1) is 0 Å². The second-order valence-electron chi connectivity index (χ2n) is 4.48. The van der Waals surface area contributed by atoms with Crippen molar-refractivity contribution in [3.63, 3.8) is 0 Å². The smallest absolute Gasteiger partial charge is 0.260 e. The first-order valence-electron chi connectivity index (χ1n) is 5.93. The molecule has 0 spiro atoms. The minimum Gasteiger partial charge on any atom is -0.478 e. The number of nitrogens with two attached hydrogens (primary N) is 1. The molecule has 4 nitrogen and oxygen atoms in total. The van der Waals surface area contributed by atoms with Gasteiger partial charge in [-0.3, -0.25) is 4.79 Å². The monoisotopic (exact) mass is 272 g/mol. The van der Waals surface area contributed by atoms with Crippen LogP contribution < -0.4 is 10.5 Å². The average Bonchev–Trinajstić information content (AvgIpc) is 2.35. The molecular weight excluding hydrogens is 254 g/mol. The topological polar surface area (TPSA) is 55.6 Å². The van der Waals surface area contributed by atoms with Gasteiger partial charge in [-0.2, -0.15) is 0 Å². The van der Waals surface area contributed by atoms with Gasteiger partial charge in [-0.05, 0) is 31.5 Å². The number of halogens is 2. The molecule has 0 aliphatic rings. The van der Waals surface area contributed by atoms with Gasteiger partial charge in [0.25, 0.3) is 5.91 Å². The normalized spacial score (nSPS) is 10.7. The summed E-state index contributed by atoms with van der Waals surface area (Å²) < 4.78 is 32.0. The molecule has 2 N–H and O–H groups in total. The van der Waals surface area contributed by atoms with Crippen LogP contribution in [0.25, 0.3) is 0 Å². The zero-order chi connectivity index (χ0) is 14.6. The first kappa shape index (κ1) is 15.4. The highest BCUT2D eigenvalue weighted by Gasteiger charge is 2.17. The molecule has 0 saturated heterocycles. The van der Waals surface area contributed by atoms with Crippen molar-refractivity contribution in [2.75, 3.05) is 13.7 Å². The molecule has 1 aromatic rings. The molecule has 106 valence electrons. The van der Waals surface area contributed by atoms with E-state index in [0.29, 0.717) is 5.56 Å². The number of carbonyl (C=O) groups is 1. The third-order valence-electron chi connectivity index (χ3n) is 2.80. The van der Waals surface area contributed by atoms with Crippen LogP contribution in [-0.4, -0.2) is 30.5 Å². The molecule has 0 bridgehead atoms. The zero-order valence-corrected chi connectivity index (χ0v) is 11.2. The van der Waals surface area contributed by atoms with Crippen molar-refractivity contribution in [1.82, 2.24) is 4.90 Å².